The van der Waals surface area contributed by atoms with Gasteiger partial charge in [-0.2, -0.15) is 0 Å². The highest BCUT2D eigenvalue weighted by Crippen LogP contribution is 2.21. The molecule has 0 aliphatic heterocycles. The largest absolute Gasteiger partial charge is 0.329 e. The fourth-order valence-electron chi connectivity index (χ4n) is 0.981. The monoisotopic (exact) mass is 182 g/mol. The van der Waals surface area contributed by atoms with Crippen LogP contribution in [0.2, 0.25) is 0 Å². The van der Waals surface area contributed by atoms with Crippen LogP contribution in [0.25, 0.3) is 0 Å². The first-order valence-electron chi connectivity index (χ1n) is 3.82. The SMILES string of the molecule is CC(N)(F)c1cccc(NC=O)c1. The molecular formula is C9H11FN2O. The zero-order valence-electron chi connectivity index (χ0n) is 7.25. The van der Waals surface area contributed by atoms with Gasteiger partial charge in [0, 0.05) is 11.3 Å². The summed E-state index contributed by atoms with van der Waals surface area (Å²) in [5, 5.41) is 2.42. The normalized spacial score (nSPS) is 14.7. The van der Waals surface area contributed by atoms with Gasteiger partial charge in [0.05, 0.1) is 0 Å². The summed E-state index contributed by atoms with van der Waals surface area (Å²) in [4.78, 5) is 10.1. The standard InChI is InChI=1S/C9H11FN2O/c1-9(10,11)7-3-2-4-8(5-7)12-6-13/h2-6H,11H2,1H3,(H,12,13). The van der Waals surface area contributed by atoms with E-state index in [4.69, 9.17) is 5.73 Å². The van der Waals surface area contributed by atoms with Gasteiger partial charge in [0.1, 0.15) is 0 Å². The van der Waals surface area contributed by atoms with E-state index in [0.29, 0.717) is 17.7 Å². The fraction of sp³-hybridized carbons (Fsp3) is 0.222. The highest BCUT2D eigenvalue weighted by atomic mass is 19.1. The number of carbonyl (C=O) groups excluding carboxylic acids is 1. The summed E-state index contributed by atoms with van der Waals surface area (Å²) < 4.78 is 13.2. The number of carbonyl (C=O) groups is 1. The zero-order valence-corrected chi connectivity index (χ0v) is 7.25. The van der Waals surface area contributed by atoms with Gasteiger partial charge in [-0.15, -0.1) is 0 Å². The Balaban J connectivity index is 2.98. The van der Waals surface area contributed by atoms with Gasteiger partial charge in [-0.1, -0.05) is 12.1 Å². The minimum Gasteiger partial charge on any atom is -0.329 e. The molecule has 1 aromatic rings. The van der Waals surface area contributed by atoms with Crippen LogP contribution in [-0.4, -0.2) is 6.41 Å². The second kappa shape index (κ2) is 3.53. The summed E-state index contributed by atoms with van der Waals surface area (Å²) >= 11 is 0. The molecule has 1 unspecified atom stereocenters. The molecule has 0 aliphatic rings. The molecule has 1 aromatic carbocycles. The summed E-state index contributed by atoms with van der Waals surface area (Å²) in [6.45, 7) is 1.26. The minimum absolute atomic E-state index is 0.333. The Morgan fingerprint density at radius 1 is 1.62 bits per heavy atom. The number of nitrogens with two attached hydrogens (primary N) is 1. The molecule has 0 fully saturated rings. The number of alkyl halides is 1. The van der Waals surface area contributed by atoms with Crippen LogP contribution in [0, 0.1) is 0 Å². The molecule has 1 amide bonds. The Morgan fingerprint density at radius 3 is 2.85 bits per heavy atom. The Labute approximate surface area is 75.7 Å². The number of nitrogens with one attached hydrogen (secondary N) is 1. The predicted octanol–water partition coefficient (Wildman–Crippen LogP) is 1.36. The Morgan fingerprint density at radius 2 is 2.31 bits per heavy atom. The van der Waals surface area contributed by atoms with Crippen LogP contribution in [0.4, 0.5) is 10.1 Å². The third-order valence-electron chi connectivity index (χ3n) is 1.65. The van der Waals surface area contributed by atoms with Crippen molar-refractivity contribution in [1.82, 2.24) is 0 Å². The van der Waals surface area contributed by atoms with Gasteiger partial charge in [0.25, 0.3) is 0 Å². The van der Waals surface area contributed by atoms with E-state index in [1.807, 2.05) is 0 Å². The van der Waals surface area contributed by atoms with Crippen molar-refractivity contribution in [2.45, 2.75) is 12.7 Å². The maximum atomic E-state index is 13.2. The molecule has 3 N–H and O–H groups in total. The molecule has 4 heteroatoms. The van der Waals surface area contributed by atoms with E-state index in [2.05, 4.69) is 5.32 Å². The van der Waals surface area contributed by atoms with E-state index in [1.54, 1.807) is 18.2 Å². The van der Waals surface area contributed by atoms with Crippen LogP contribution in [-0.2, 0) is 10.6 Å². The van der Waals surface area contributed by atoms with E-state index in [-0.39, 0.29) is 0 Å². The molecule has 0 saturated carbocycles. The topological polar surface area (TPSA) is 55.1 Å². The number of halogens is 1. The van der Waals surface area contributed by atoms with Gasteiger partial charge >= 0.3 is 0 Å². The summed E-state index contributed by atoms with van der Waals surface area (Å²) in [5.74, 6) is -1.87. The molecule has 1 rings (SSSR count). The van der Waals surface area contributed by atoms with Crippen LogP contribution < -0.4 is 11.1 Å². The van der Waals surface area contributed by atoms with Gasteiger partial charge in [-0.3, -0.25) is 10.5 Å². The first-order valence-corrected chi connectivity index (χ1v) is 3.82. The third kappa shape index (κ3) is 2.52. The average Bonchev–Trinajstić information content (AvgIpc) is 2.04. The van der Waals surface area contributed by atoms with E-state index in [9.17, 15) is 9.18 Å². The number of hydrogen-bond donors (Lipinski definition) is 2. The first-order chi connectivity index (χ1) is 6.04. The van der Waals surface area contributed by atoms with Gasteiger partial charge in [-0.05, 0) is 19.1 Å². The van der Waals surface area contributed by atoms with Gasteiger partial charge in [0.15, 0.2) is 5.79 Å². The van der Waals surface area contributed by atoms with Gasteiger partial charge in [0.2, 0.25) is 6.41 Å². The quantitative estimate of drug-likeness (QED) is 0.547. The lowest BCUT2D eigenvalue weighted by Gasteiger charge is -2.15. The number of benzene rings is 1. The van der Waals surface area contributed by atoms with Crippen molar-refractivity contribution >= 4 is 12.1 Å². The van der Waals surface area contributed by atoms with Crippen LogP contribution in [0.5, 0.6) is 0 Å². The Bertz CT molecular complexity index is 307. The predicted molar refractivity (Wildman–Crippen MR) is 48.8 cm³/mol. The fourth-order valence-corrected chi connectivity index (χ4v) is 0.981. The van der Waals surface area contributed by atoms with Crippen molar-refractivity contribution in [1.29, 1.82) is 0 Å². The first kappa shape index (κ1) is 9.67. The van der Waals surface area contributed by atoms with E-state index < -0.39 is 5.79 Å². The molecule has 13 heavy (non-hydrogen) atoms. The Hall–Kier alpha value is -1.42. The summed E-state index contributed by atoms with van der Waals surface area (Å²) in [7, 11) is 0. The van der Waals surface area contributed by atoms with Gasteiger partial charge in [-0.25, -0.2) is 4.39 Å². The second-order valence-electron chi connectivity index (χ2n) is 2.92. The lowest BCUT2D eigenvalue weighted by molar-refractivity contribution is -0.105. The molecule has 0 aromatic heterocycles. The number of rotatable bonds is 3. The number of amides is 1. The van der Waals surface area contributed by atoms with Crippen LogP contribution in [0.15, 0.2) is 24.3 Å². The van der Waals surface area contributed by atoms with Crippen molar-refractivity contribution in [3.63, 3.8) is 0 Å². The molecule has 0 aliphatic carbocycles. The van der Waals surface area contributed by atoms with Gasteiger partial charge < -0.3 is 5.32 Å². The maximum Gasteiger partial charge on any atom is 0.211 e. The molecule has 0 radical (unpaired) electrons. The Kier molecular flexibility index (Phi) is 2.63. The smallest absolute Gasteiger partial charge is 0.211 e. The maximum absolute atomic E-state index is 13.2. The lowest BCUT2D eigenvalue weighted by Crippen LogP contribution is -2.26. The molecular weight excluding hydrogens is 171 g/mol. The van der Waals surface area contributed by atoms with Crippen molar-refractivity contribution in [2.24, 2.45) is 5.73 Å². The zero-order chi connectivity index (χ0) is 9.90. The van der Waals surface area contributed by atoms with Crippen molar-refractivity contribution < 1.29 is 9.18 Å². The highest BCUT2D eigenvalue weighted by molar-refractivity contribution is 5.71. The summed E-state index contributed by atoms with van der Waals surface area (Å²) in [6.07, 6.45) is 0.533. The molecule has 70 valence electrons. The second-order valence-corrected chi connectivity index (χ2v) is 2.92. The highest BCUT2D eigenvalue weighted by Gasteiger charge is 2.18. The van der Waals surface area contributed by atoms with Crippen LogP contribution >= 0.6 is 0 Å². The molecule has 1 atom stereocenters. The van der Waals surface area contributed by atoms with E-state index >= 15 is 0 Å². The third-order valence-corrected chi connectivity index (χ3v) is 1.65. The van der Waals surface area contributed by atoms with E-state index in [1.165, 1.54) is 13.0 Å². The summed E-state index contributed by atoms with van der Waals surface area (Å²) in [6, 6.07) is 6.35. The number of anilines is 1. The molecule has 0 spiro atoms. The lowest BCUT2D eigenvalue weighted by atomic mass is 10.1. The van der Waals surface area contributed by atoms with Crippen LogP contribution in [0.1, 0.15) is 12.5 Å². The number of hydrogen-bond acceptors (Lipinski definition) is 2. The molecule has 3 nitrogen and oxygen atoms in total. The van der Waals surface area contributed by atoms with Crippen molar-refractivity contribution in [3.8, 4) is 0 Å². The van der Waals surface area contributed by atoms with Crippen molar-refractivity contribution in [2.75, 3.05) is 5.32 Å². The molecule has 0 bridgehead atoms. The van der Waals surface area contributed by atoms with Crippen molar-refractivity contribution in [3.05, 3.63) is 29.8 Å². The molecule has 0 saturated heterocycles. The average molecular weight is 182 g/mol. The molecule has 0 heterocycles. The van der Waals surface area contributed by atoms with Crippen LogP contribution in [0.3, 0.4) is 0 Å². The van der Waals surface area contributed by atoms with E-state index in [0.717, 1.165) is 0 Å². The summed E-state index contributed by atoms with van der Waals surface area (Å²) in [5.41, 5.74) is 6.10. The minimum atomic E-state index is -1.87.